The molecule has 0 rings (SSSR count). The van der Waals surface area contributed by atoms with E-state index in [4.69, 9.17) is 0 Å². The summed E-state index contributed by atoms with van der Waals surface area (Å²) in [5.41, 5.74) is 0. The Hall–Kier alpha value is 0.434. The predicted octanol–water partition coefficient (Wildman–Crippen LogP) is 5.19. The fourth-order valence-electron chi connectivity index (χ4n) is 2.51. The van der Waals surface area contributed by atoms with Crippen LogP contribution in [0.15, 0.2) is 0 Å². The molecule has 0 heterocycles. The van der Waals surface area contributed by atoms with E-state index >= 15 is 0 Å². The minimum absolute atomic E-state index is 0.372. The van der Waals surface area contributed by atoms with Crippen molar-refractivity contribution in [2.24, 2.45) is 5.92 Å². The van der Waals surface area contributed by atoms with Gasteiger partial charge < -0.3 is 0 Å². The fourth-order valence-corrected chi connectivity index (χ4v) is 13.7. The summed E-state index contributed by atoms with van der Waals surface area (Å²) in [6.07, 6.45) is 7.23. The normalized spacial score (nSPS) is 17.8. The molecule has 3 atom stereocenters. The highest BCUT2D eigenvalue weighted by molar-refractivity contribution is 7.22. The van der Waals surface area contributed by atoms with Crippen molar-refractivity contribution < 1.29 is 0 Å². The summed E-state index contributed by atoms with van der Waals surface area (Å²) in [4.78, 5) is 0. The maximum Gasteiger partial charge on any atom is 0.0309 e. The summed E-state index contributed by atoms with van der Waals surface area (Å²) in [6, 6.07) is 1.62. The molecule has 104 valence electrons. The maximum atomic E-state index is 2.65. The van der Waals surface area contributed by atoms with Gasteiger partial charge in [0, 0.05) is 16.6 Å². The third-order valence-corrected chi connectivity index (χ3v) is 20.0. The highest BCUT2D eigenvalue weighted by Gasteiger charge is 2.29. The first-order valence-corrected chi connectivity index (χ1v) is 14.2. The molecule has 0 spiro atoms. The van der Waals surface area contributed by atoms with Crippen LogP contribution in [0.2, 0.25) is 24.2 Å². The van der Waals surface area contributed by atoms with Crippen molar-refractivity contribution in [1.29, 1.82) is 0 Å². The molecule has 0 saturated heterocycles. The van der Waals surface area contributed by atoms with Crippen LogP contribution in [0, 0.1) is 5.92 Å². The molecule has 0 saturated carbocycles. The van der Waals surface area contributed by atoms with E-state index in [1.165, 1.54) is 32.1 Å². The Kier molecular flexibility index (Phi) is 8.74. The SMILES string of the molecule is CCC(C)CCCC[SiH](C)[SiH](C)C(C)(C)CC. The van der Waals surface area contributed by atoms with Gasteiger partial charge in [0.1, 0.15) is 0 Å². The molecule has 0 aromatic rings. The van der Waals surface area contributed by atoms with Crippen LogP contribution in [0.25, 0.3) is 0 Å². The van der Waals surface area contributed by atoms with E-state index in [0.29, 0.717) is 5.04 Å². The second-order valence-corrected chi connectivity index (χ2v) is 19.0. The van der Waals surface area contributed by atoms with Crippen molar-refractivity contribution in [2.75, 3.05) is 0 Å². The second kappa shape index (κ2) is 8.52. The Morgan fingerprint density at radius 1 is 1.06 bits per heavy atom. The largest absolute Gasteiger partial charge is 0.0741 e. The van der Waals surface area contributed by atoms with Gasteiger partial charge in [0.25, 0.3) is 0 Å². The zero-order valence-electron chi connectivity index (χ0n) is 13.5. The van der Waals surface area contributed by atoms with Gasteiger partial charge in [-0.1, -0.05) is 85.9 Å². The van der Waals surface area contributed by atoms with E-state index in [0.717, 1.165) is 5.92 Å². The molecule has 0 aliphatic carbocycles. The molecular weight excluding hydrogens is 236 g/mol. The number of unbranched alkanes of at least 4 members (excludes halogenated alkanes) is 1. The molecule has 0 aliphatic rings. The predicted molar refractivity (Wildman–Crippen MR) is 88.5 cm³/mol. The first-order chi connectivity index (χ1) is 7.85. The van der Waals surface area contributed by atoms with E-state index in [1.54, 1.807) is 6.04 Å². The van der Waals surface area contributed by atoms with Crippen LogP contribution in [0.1, 0.15) is 66.7 Å². The molecule has 3 unspecified atom stereocenters. The van der Waals surface area contributed by atoms with Crippen molar-refractivity contribution in [3.63, 3.8) is 0 Å². The topological polar surface area (TPSA) is 0 Å². The van der Waals surface area contributed by atoms with E-state index in [2.05, 4.69) is 47.7 Å². The number of hydrogen-bond acceptors (Lipinski definition) is 0. The Bertz CT molecular complexity index is 189. The molecule has 0 nitrogen and oxygen atoms in total. The van der Waals surface area contributed by atoms with Gasteiger partial charge in [0.15, 0.2) is 0 Å². The third kappa shape index (κ3) is 6.80. The number of hydrogen-bond donors (Lipinski definition) is 0. The highest BCUT2D eigenvalue weighted by atomic mass is 29.2. The molecule has 0 N–H and O–H groups in total. The zero-order chi connectivity index (χ0) is 13.5. The monoisotopic (exact) mass is 272 g/mol. The Morgan fingerprint density at radius 3 is 2.12 bits per heavy atom. The van der Waals surface area contributed by atoms with Gasteiger partial charge in [-0.2, -0.15) is 0 Å². The van der Waals surface area contributed by atoms with Crippen molar-refractivity contribution in [3.8, 4) is 0 Å². The molecule has 0 radical (unpaired) electrons. The third-order valence-electron chi connectivity index (χ3n) is 5.30. The fraction of sp³-hybridized carbons (Fsp3) is 1.00. The smallest absolute Gasteiger partial charge is 0.0309 e. The second-order valence-electron chi connectivity index (χ2n) is 6.91. The average molecular weight is 273 g/mol. The van der Waals surface area contributed by atoms with Crippen LogP contribution in [0.3, 0.4) is 0 Å². The summed E-state index contributed by atoms with van der Waals surface area (Å²) in [7, 11) is -0.813. The minimum atomic E-state index is -0.441. The summed E-state index contributed by atoms with van der Waals surface area (Å²) >= 11 is 0. The van der Waals surface area contributed by atoms with Crippen molar-refractivity contribution in [2.45, 2.75) is 90.9 Å². The van der Waals surface area contributed by atoms with Gasteiger partial charge in [0.05, 0.1) is 0 Å². The summed E-state index contributed by atoms with van der Waals surface area (Å²) in [5, 5.41) is 0.711. The van der Waals surface area contributed by atoms with E-state index in [9.17, 15) is 0 Å². The lowest BCUT2D eigenvalue weighted by molar-refractivity contribution is 0.491. The lowest BCUT2D eigenvalue weighted by Crippen LogP contribution is -2.38. The van der Waals surface area contributed by atoms with Crippen LogP contribution in [0.4, 0.5) is 0 Å². The van der Waals surface area contributed by atoms with E-state index in [1.807, 2.05) is 0 Å². The van der Waals surface area contributed by atoms with Crippen LogP contribution >= 0.6 is 0 Å². The molecule has 0 aromatic heterocycles. The van der Waals surface area contributed by atoms with Crippen LogP contribution < -0.4 is 0 Å². The van der Waals surface area contributed by atoms with Gasteiger partial charge in [-0.15, -0.1) is 0 Å². The molecular formula is C15H36Si2. The molecule has 0 aromatic carbocycles. The zero-order valence-corrected chi connectivity index (χ0v) is 15.8. The maximum absolute atomic E-state index is 2.65. The first-order valence-electron chi connectivity index (χ1n) is 7.85. The lowest BCUT2D eigenvalue weighted by Gasteiger charge is -2.33. The average Bonchev–Trinajstić information content (AvgIpc) is 2.32. The van der Waals surface area contributed by atoms with E-state index < -0.39 is 8.31 Å². The minimum Gasteiger partial charge on any atom is -0.0741 e. The number of rotatable bonds is 9. The van der Waals surface area contributed by atoms with Crippen molar-refractivity contribution >= 4 is 16.6 Å². The molecule has 2 heteroatoms. The molecule has 0 fully saturated rings. The summed E-state index contributed by atoms with van der Waals surface area (Å²) < 4.78 is 0. The quantitative estimate of drug-likeness (QED) is 0.400. The van der Waals surface area contributed by atoms with Gasteiger partial charge in [-0.3, -0.25) is 0 Å². The van der Waals surface area contributed by atoms with Crippen molar-refractivity contribution in [1.82, 2.24) is 0 Å². The standard InChI is InChI=1S/C15H36Si2/c1-8-14(3)12-10-11-13-16(6)17(7)15(4,5)9-2/h14,16-17H,8-13H2,1-7H3. The Labute approximate surface area is 114 Å². The van der Waals surface area contributed by atoms with Crippen molar-refractivity contribution in [3.05, 3.63) is 0 Å². The lowest BCUT2D eigenvalue weighted by atomic mass is 10.0. The van der Waals surface area contributed by atoms with Crippen LogP contribution in [-0.2, 0) is 0 Å². The van der Waals surface area contributed by atoms with Gasteiger partial charge in [-0.25, -0.2) is 0 Å². The highest BCUT2D eigenvalue weighted by Crippen LogP contribution is 2.34. The van der Waals surface area contributed by atoms with Gasteiger partial charge >= 0.3 is 0 Å². The Balaban J connectivity index is 3.82. The Morgan fingerprint density at radius 2 is 1.65 bits per heavy atom. The van der Waals surface area contributed by atoms with Crippen LogP contribution in [-0.4, -0.2) is 16.6 Å². The summed E-state index contributed by atoms with van der Waals surface area (Å²) in [5.74, 6) is 0.953. The summed E-state index contributed by atoms with van der Waals surface area (Å²) in [6.45, 7) is 17.4. The van der Waals surface area contributed by atoms with Gasteiger partial charge in [-0.05, 0) is 11.0 Å². The van der Waals surface area contributed by atoms with E-state index in [-0.39, 0.29) is 8.31 Å². The molecule has 17 heavy (non-hydrogen) atoms. The molecule has 0 bridgehead atoms. The molecule has 0 amide bonds. The first kappa shape index (κ1) is 17.4. The van der Waals surface area contributed by atoms with Crippen LogP contribution in [0.5, 0.6) is 0 Å². The molecule has 0 aliphatic heterocycles. The van der Waals surface area contributed by atoms with Gasteiger partial charge in [0.2, 0.25) is 0 Å².